The molecule has 4 rings (SSSR count). The van der Waals surface area contributed by atoms with E-state index in [0.29, 0.717) is 18.0 Å². The fraction of sp³-hybridized carbons (Fsp3) is 0.579. The fourth-order valence-electron chi connectivity index (χ4n) is 3.69. The van der Waals surface area contributed by atoms with Gasteiger partial charge in [-0.25, -0.2) is 4.68 Å². The van der Waals surface area contributed by atoms with Gasteiger partial charge in [-0.1, -0.05) is 31.9 Å². The lowest BCUT2D eigenvalue weighted by Gasteiger charge is -2.29. The van der Waals surface area contributed by atoms with E-state index in [0.717, 1.165) is 36.3 Å². The predicted molar refractivity (Wildman–Crippen MR) is 99.6 cm³/mol. The molecule has 0 unspecified atom stereocenters. The molecule has 2 aliphatic rings. The molecular weight excluding hydrogens is 328 g/mol. The summed E-state index contributed by atoms with van der Waals surface area (Å²) in [6.07, 6.45) is 7.05. The van der Waals surface area contributed by atoms with Gasteiger partial charge in [0.15, 0.2) is 5.82 Å². The number of amides is 1. The molecule has 26 heavy (non-hydrogen) atoms. The number of aromatic nitrogens is 4. The third-order valence-electron chi connectivity index (χ3n) is 5.42. The van der Waals surface area contributed by atoms with E-state index in [-0.39, 0.29) is 12.5 Å². The van der Waals surface area contributed by atoms with Gasteiger partial charge < -0.3 is 10.6 Å². The first kappa shape index (κ1) is 17.0. The van der Waals surface area contributed by atoms with E-state index in [1.165, 1.54) is 19.3 Å². The highest BCUT2D eigenvalue weighted by molar-refractivity contribution is 5.81. The highest BCUT2D eigenvalue weighted by atomic mass is 16.2. The molecule has 1 amide bonds. The van der Waals surface area contributed by atoms with Crippen LogP contribution in [-0.2, 0) is 4.79 Å². The molecular formula is C19H26N6O. The number of anilines is 1. The summed E-state index contributed by atoms with van der Waals surface area (Å²) >= 11 is 0. The van der Waals surface area contributed by atoms with Gasteiger partial charge in [-0.3, -0.25) is 4.79 Å². The number of hydrogen-bond donors (Lipinski definition) is 2. The van der Waals surface area contributed by atoms with Crippen molar-refractivity contribution in [1.29, 1.82) is 0 Å². The van der Waals surface area contributed by atoms with Crippen LogP contribution in [0.3, 0.4) is 0 Å². The van der Waals surface area contributed by atoms with Crippen molar-refractivity contribution in [2.45, 2.75) is 57.5 Å². The molecule has 0 spiro atoms. The molecule has 1 aromatic carbocycles. The highest BCUT2D eigenvalue weighted by Crippen LogP contribution is 2.36. The topological polar surface area (TPSA) is 84.7 Å². The van der Waals surface area contributed by atoms with E-state index < -0.39 is 0 Å². The summed E-state index contributed by atoms with van der Waals surface area (Å²) in [5, 5.41) is 18.5. The molecule has 2 atom stereocenters. The summed E-state index contributed by atoms with van der Waals surface area (Å²) in [5.74, 6) is 1.41. The van der Waals surface area contributed by atoms with E-state index in [4.69, 9.17) is 0 Å². The molecule has 7 nitrogen and oxygen atoms in total. The minimum Gasteiger partial charge on any atom is -0.376 e. The van der Waals surface area contributed by atoms with Crippen molar-refractivity contribution in [3.63, 3.8) is 0 Å². The number of carbonyl (C=O) groups excluding carboxylic acids is 1. The van der Waals surface area contributed by atoms with Gasteiger partial charge in [-0.2, -0.15) is 0 Å². The van der Waals surface area contributed by atoms with Crippen molar-refractivity contribution < 1.29 is 4.79 Å². The van der Waals surface area contributed by atoms with Gasteiger partial charge in [-0.15, -0.1) is 5.10 Å². The second-order valence-electron chi connectivity index (χ2n) is 7.55. The summed E-state index contributed by atoms with van der Waals surface area (Å²) in [5.41, 5.74) is 1.87. The third kappa shape index (κ3) is 3.86. The van der Waals surface area contributed by atoms with Crippen molar-refractivity contribution in [3.8, 4) is 11.4 Å². The quantitative estimate of drug-likeness (QED) is 0.833. The zero-order valence-corrected chi connectivity index (χ0v) is 15.2. The largest absolute Gasteiger partial charge is 0.376 e. The minimum absolute atomic E-state index is 0.0527. The number of rotatable bonds is 6. The molecule has 2 saturated carbocycles. The molecule has 2 N–H and O–H groups in total. The van der Waals surface area contributed by atoms with Gasteiger partial charge in [0.2, 0.25) is 5.91 Å². The maximum atomic E-state index is 12.3. The van der Waals surface area contributed by atoms with Crippen LogP contribution < -0.4 is 10.6 Å². The van der Waals surface area contributed by atoms with Gasteiger partial charge in [-0.05, 0) is 54.2 Å². The van der Waals surface area contributed by atoms with Crippen molar-refractivity contribution in [2.24, 2.45) is 5.92 Å². The van der Waals surface area contributed by atoms with Crippen LogP contribution in [0.1, 0.15) is 51.5 Å². The Balaban J connectivity index is 1.36. The molecule has 2 fully saturated rings. The van der Waals surface area contributed by atoms with Gasteiger partial charge in [0, 0.05) is 17.3 Å². The monoisotopic (exact) mass is 354 g/mol. The van der Waals surface area contributed by atoms with Gasteiger partial charge in [0.25, 0.3) is 0 Å². The molecule has 1 aromatic heterocycles. The molecule has 2 aromatic rings. The normalized spacial score (nSPS) is 22.8. The van der Waals surface area contributed by atoms with E-state index in [2.05, 4.69) is 33.1 Å². The molecule has 7 heteroatoms. The average molecular weight is 354 g/mol. The van der Waals surface area contributed by atoms with Crippen LogP contribution in [0, 0.1) is 5.92 Å². The summed E-state index contributed by atoms with van der Waals surface area (Å²) in [4.78, 5) is 12.3. The molecule has 0 saturated heterocycles. The number of nitrogens with one attached hydrogen (secondary N) is 2. The zero-order valence-electron chi connectivity index (χ0n) is 15.2. The van der Waals surface area contributed by atoms with E-state index in [1.807, 2.05) is 28.9 Å². The number of carbonyl (C=O) groups is 1. The van der Waals surface area contributed by atoms with E-state index in [9.17, 15) is 4.79 Å². The lowest BCUT2D eigenvalue weighted by atomic mass is 9.86. The lowest BCUT2D eigenvalue weighted by molar-refractivity contribution is -0.120. The van der Waals surface area contributed by atoms with Gasteiger partial charge in [0.1, 0.15) is 0 Å². The highest BCUT2D eigenvalue weighted by Gasteiger charge is 2.28. The second kappa shape index (κ2) is 7.43. The van der Waals surface area contributed by atoms with Crippen LogP contribution in [0.5, 0.6) is 0 Å². The lowest BCUT2D eigenvalue weighted by Crippen LogP contribution is -2.43. The molecule has 0 bridgehead atoms. The van der Waals surface area contributed by atoms with Gasteiger partial charge in [0.05, 0.1) is 12.6 Å². The van der Waals surface area contributed by atoms with Crippen LogP contribution in [0.25, 0.3) is 11.4 Å². The summed E-state index contributed by atoms with van der Waals surface area (Å²) < 4.78 is 1.90. The Morgan fingerprint density at radius 3 is 2.88 bits per heavy atom. The van der Waals surface area contributed by atoms with Crippen molar-refractivity contribution in [1.82, 2.24) is 25.5 Å². The smallest absolute Gasteiger partial charge is 0.239 e. The summed E-state index contributed by atoms with van der Waals surface area (Å²) in [6.45, 7) is 2.51. The Morgan fingerprint density at radius 1 is 1.23 bits per heavy atom. The molecule has 0 aliphatic heterocycles. The van der Waals surface area contributed by atoms with Crippen LogP contribution in [0.2, 0.25) is 0 Å². The first-order chi connectivity index (χ1) is 12.7. The van der Waals surface area contributed by atoms with Crippen molar-refractivity contribution in [3.05, 3.63) is 24.3 Å². The average Bonchev–Trinajstić information content (AvgIpc) is 3.38. The minimum atomic E-state index is 0.0527. The predicted octanol–water partition coefficient (Wildman–Crippen LogP) is 2.78. The van der Waals surface area contributed by atoms with Crippen LogP contribution >= 0.6 is 0 Å². The number of hydrogen-bond acceptors (Lipinski definition) is 5. The number of tetrazole rings is 1. The Bertz CT molecular complexity index is 769. The maximum Gasteiger partial charge on any atom is 0.239 e. The Hall–Kier alpha value is -2.44. The van der Waals surface area contributed by atoms with Crippen molar-refractivity contribution in [2.75, 3.05) is 11.9 Å². The fourth-order valence-corrected chi connectivity index (χ4v) is 3.69. The maximum absolute atomic E-state index is 12.3. The van der Waals surface area contributed by atoms with Crippen LogP contribution in [-0.4, -0.2) is 38.7 Å². The van der Waals surface area contributed by atoms with Crippen LogP contribution in [0.4, 0.5) is 5.69 Å². The first-order valence-electron chi connectivity index (χ1n) is 9.62. The summed E-state index contributed by atoms with van der Waals surface area (Å²) in [6, 6.07) is 8.67. The van der Waals surface area contributed by atoms with Crippen LogP contribution in [0.15, 0.2) is 24.3 Å². The zero-order chi connectivity index (χ0) is 17.9. The molecule has 1 heterocycles. The summed E-state index contributed by atoms with van der Waals surface area (Å²) in [7, 11) is 0. The molecule has 138 valence electrons. The third-order valence-corrected chi connectivity index (χ3v) is 5.42. The van der Waals surface area contributed by atoms with E-state index in [1.54, 1.807) is 0 Å². The Labute approximate surface area is 153 Å². The number of nitrogens with zero attached hydrogens (tertiary/aromatic N) is 4. The number of benzene rings is 1. The van der Waals surface area contributed by atoms with Crippen molar-refractivity contribution >= 4 is 11.6 Å². The SMILES string of the molecule is C[C@H]1CCCC[C@@H]1NC(=O)CNc1cccc(-c2nnnn2C2CC2)c1. The van der Waals surface area contributed by atoms with Gasteiger partial charge >= 0.3 is 0 Å². The molecule has 2 aliphatic carbocycles. The standard InChI is InChI=1S/C19H26N6O/c1-13-5-2-3-8-17(13)21-18(26)12-20-15-7-4-6-14(11-15)19-22-23-24-25(19)16-9-10-16/h4,6-7,11,13,16-17,20H,2-3,5,8-10,12H2,1H3,(H,21,26)/t13-,17-/m0/s1. The first-order valence-corrected chi connectivity index (χ1v) is 9.62. The Morgan fingerprint density at radius 2 is 2.08 bits per heavy atom. The second-order valence-corrected chi connectivity index (χ2v) is 7.55. The van der Waals surface area contributed by atoms with E-state index >= 15 is 0 Å². The molecule has 0 radical (unpaired) electrons. The Kier molecular flexibility index (Phi) is 4.86.